The summed E-state index contributed by atoms with van der Waals surface area (Å²) in [6, 6.07) is 6.95. The maximum absolute atomic E-state index is 12.1. The molecule has 1 aromatic heterocycles. The minimum atomic E-state index is -0.177. The van der Waals surface area contributed by atoms with E-state index < -0.39 is 0 Å². The van der Waals surface area contributed by atoms with E-state index in [-0.39, 0.29) is 5.91 Å². The number of pyridine rings is 1. The van der Waals surface area contributed by atoms with Gasteiger partial charge in [0, 0.05) is 21.3 Å². The Bertz CT molecular complexity index is 601. The highest BCUT2D eigenvalue weighted by Crippen LogP contribution is 2.18. The second kappa shape index (κ2) is 5.50. The number of aryl methyl sites for hydroxylation is 1. The zero-order valence-electron chi connectivity index (χ0n) is 9.58. The van der Waals surface area contributed by atoms with E-state index in [9.17, 15) is 4.79 Å². The third-order valence-electron chi connectivity index (χ3n) is 2.40. The molecule has 0 unspecified atom stereocenters. The van der Waals surface area contributed by atoms with Crippen molar-refractivity contribution in [3.63, 3.8) is 0 Å². The van der Waals surface area contributed by atoms with Crippen LogP contribution in [0.25, 0.3) is 0 Å². The van der Waals surface area contributed by atoms with Crippen molar-refractivity contribution in [2.45, 2.75) is 6.92 Å². The summed E-state index contributed by atoms with van der Waals surface area (Å²) in [5, 5.41) is 3.40. The van der Waals surface area contributed by atoms with Crippen LogP contribution in [-0.2, 0) is 0 Å². The number of benzene rings is 1. The molecular weight excluding hydrogens is 316 g/mol. The largest absolute Gasteiger partial charge is 0.321 e. The monoisotopic (exact) mass is 324 g/mol. The fourth-order valence-corrected chi connectivity index (χ4v) is 2.15. The number of rotatable bonds is 2. The Morgan fingerprint density at radius 2 is 2.11 bits per heavy atom. The number of halogens is 2. The van der Waals surface area contributed by atoms with E-state index in [2.05, 4.69) is 26.2 Å². The summed E-state index contributed by atoms with van der Waals surface area (Å²) in [6.45, 7) is 1.85. The molecule has 1 amide bonds. The molecule has 0 saturated carbocycles. The lowest BCUT2D eigenvalue weighted by atomic mass is 10.1. The number of amides is 1. The van der Waals surface area contributed by atoms with Gasteiger partial charge in [-0.2, -0.15) is 0 Å². The van der Waals surface area contributed by atoms with Crippen LogP contribution >= 0.6 is 27.5 Å². The number of carbonyl (C=O) groups excluding carboxylic acids is 1. The van der Waals surface area contributed by atoms with Gasteiger partial charge in [-0.15, -0.1) is 0 Å². The first-order chi connectivity index (χ1) is 8.56. The Kier molecular flexibility index (Phi) is 3.99. The van der Waals surface area contributed by atoms with Crippen LogP contribution in [0.5, 0.6) is 0 Å². The van der Waals surface area contributed by atoms with Crippen molar-refractivity contribution >= 4 is 39.1 Å². The Hall–Kier alpha value is -1.39. The molecule has 0 atom stereocenters. The van der Waals surface area contributed by atoms with Crippen molar-refractivity contribution in [1.82, 2.24) is 4.98 Å². The van der Waals surface area contributed by atoms with Crippen molar-refractivity contribution in [3.8, 4) is 0 Å². The van der Waals surface area contributed by atoms with Gasteiger partial charge in [0.2, 0.25) is 0 Å². The summed E-state index contributed by atoms with van der Waals surface area (Å²) in [5.41, 5.74) is 2.08. The normalized spacial score (nSPS) is 10.2. The summed E-state index contributed by atoms with van der Waals surface area (Å²) >= 11 is 9.16. The summed E-state index contributed by atoms with van der Waals surface area (Å²) < 4.78 is 0.813. The zero-order chi connectivity index (χ0) is 13.1. The Balaban J connectivity index is 2.22. The predicted octanol–water partition coefficient (Wildman–Crippen LogP) is 4.06. The van der Waals surface area contributed by atoms with E-state index in [0.717, 1.165) is 10.0 Å². The van der Waals surface area contributed by atoms with Gasteiger partial charge in [0.1, 0.15) is 0 Å². The van der Waals surface area contributed by atoms with Gasteiger partial charge in [0.25, 0.3) is 5.91 Å². The molecule has 2 aromatic rings. The molecule has 3 nitrogen and oxygen atoms in total. The van der Waals surface area contributed by atoms with E-state index in [1.807, 2.05) is 6.92 Å². The molecule has 1 N–H and O–H groups in total. The first kappa shape index (κ1) is 13.1. The highest BCUT2D eigenvalue weighted by atomic mass is 79.9. The van der Waals surface area contributed by atoms with Gasteiger partial charge >= 0.3 is 0 Å². The first-order valence-corrected chi connectivity index (χ1v) is 6.41. The maximum Gasteiger partial charge on any atom is 0.255 e. The average Bonchev–Trinajstić information content (AvgIpc) is 2.28. The summed E-state index contributed by atoms with van der Waals surface area (Å²) in [5.74, 6) is -0.177. The molecule has 0 aliphatic rings. The molecule has 0 bridgehead atoms. The van der Waals surface area contributed by atoms with Crippen LogP contribution in [0, 0.1) is 6.92 Å². The maximum atomic E-state index is 12.1. The van der Waals surface area contributed by atoms with Crippen LogP contribution in [0.2, 0.25) is 5.02 Å². The van der Waals surface area contributed by atoms with Crippen LogP contribution in [-0.4, -0.2) is 10.9 Å². The standard InChI is InChI=1S/C13H10BrClN2O/c1-8-4-10(15)2-3-12(8)13(18)17-11-5-9(14)6-16-7-11/h2-7H,1H3,(H,17,18). The minimum absolute atomic E-state index is 0.177. The zero-order valence-corrected chi connectivity index (χ0v) is 11.9. The van der Waals surface area contributed by atoms with Gasteiger partial charge in [-0.1, -0.05) is 11.6 Å². The smallest absolute Gasteiger partial charge is 0.255 e. The molecule has 0 aliphatic carbocycles. The average molecular weight is 326 g/mol. The molecule has 0 aliphatic heterocycles. The number of aromatic nitrogens is 1. The first-order valence-electron chi connectivity index (χ1n) is 5.24. The van der Waals surface area contributed by atoms with Crippen LogP contribution in [0.4, 0.5) is 5.69 Å². The Morgan fingerprint density at radius 1 is 1.33 bits per heavy atom. The highest BCUT2D eigenvalue weighted by molar-refractivity contribution is 9.10. The second-order valence-corrected chi connectivity index (χ2v) is 5.16. The van der Waals surface area contributed by atoms with Gasteiger partial charge in [0.15, 0.2) is 0 Å². The number of hydrogen-bond donors (Lipinski definition) is 1. The highest BCUT2D eigenvalue weighted by Gasteiger charge is 2.09. The number of anilines is 1. The van der Waals surface area contributed by atoms with Gasteiger partial charge in [-0.05, 0) is 52.7 Å². The fourth-order valence-electron chi connectivity index (χ4n) is 1.56. The molecule has 92 valence electrons. The van der Waals surface area contributed by atoms with Crippen molar-refractivity contribution in [2.24, 2.45) is 0 Å². The van der Waals surface area contributed by atoms with Gasteiger partial charge in [-0.25, -0.2) is 0 Å². The SMILES string of the molecule is Cc1cc(Cl)ccc1C(=O)Nc1cncc(Br)c1. The van der Waals surface area contributed by atoms with Crippen LogP contribution in [0.1, 0.15) is 15.9 Å². The third kappa shape index (κ3) is 3.09. The number of carbonyl (C=O) groups is 1. The van der Waals surface area contributed by atoms with E-state index in [1.54, 1.807) is 36.7 Å². The van der Waals surface area contributed by atoms with E-state index >= 15 is 0 Å². The van der Waals surface area contributed by atoms with E-state index in [0.29, 0.717) is 16.3 Å². The lowest BCUT2D eigenvalue weighted by Gasteiger charge is -2.07. The van der Waals surface area contributed by atoms with Crippen molar-refractivity contribution < 1.29 is 4.79 Å². The van der Waals surface area contributed by atoms with Crippen LogP contribution in [0.15, 0.2) is 41.1 Å². The molecule has 1 heterocycles. The summed E-state index contributed by atoms with van der Waals surface area (Å²) in [4.78, 5) is 16.0. The molecule has 18 heavy (non-hydrogen) atoms. The molecule has 5 heteroatoms. The van der Waals surface area contributed by atoms with Crippen molar-refractivity contribution in [3.05, 3.63) is 57.3 Å². The molecule has 2 rings (SSSR count). The lowest BCUT2D eigenvalue weighted by molar-refractivity contribution is 0.102. The van der Waals surface area contributed by atoms with Crippen molar-refractivity contribution in [1.29, 1.82) is 0 Å². The number of nitrogens with zero attached hydrogens (tertiary/aromatic N) is 1. The molecule has 1 aromatic carbocycles. The van der Waals surface area contributed by atoms with Crippen molar-refractivity contribution in [2.75, 3.05) is 5.32 Å². The molecule has 0 saturated heterocycles. The Labute approximate surface area is 118 Å². The molecule has 0 fully saturated rings. The minimum Gasteiger partial charge on any atom is -0.321 e. The molecule has 0 radical (unpaired) electrons. The summed E-state index contributed by atoms with van der Waals surface area (Å²) in [6.07, 6.45) is 3.25. The van der Waals surface area contributed by atoms with Gasteiger partial charge in [0.05, 0.1) is 11.9 Å². The van der Waals surface area contributed by atoms with E-state index in [4.69, 9.17) is 11.6 Å². The number of nitrogens with one attached hydrogen (secondary N) is 1. The lowest BCUT2D eigenvalue weighted by Crippen LogP contribution is -2.13. The second-order valence-electron chi connectivity index (χ2n) is 3.81. The fraction of sp³-hybridized carbons (Fsp3) is 0.0769. The Morgan fingerprint density at radius 3 is 2.78 bits per heavy atom. The van der Waals surface area contributed by atoms with Crippen LogP contribution in [0.3, 0.4) is 0 Å². The van der Waals surface area contributed by atoms with Crippen LogP contribution < -0.4 is 5.32 Å². The third-order valence-corrected chi connectivity index (χ3v) is 3.06. The van der Waals surface area contributed by atoms with E-state index in [1.165, 1.54) is 0 Å². The van der Waals surface area contributed by atoms with Gasteiger partial charge in [-0.3, -0.25) is 9.78 Å². The molecular formula is C13H10BrClN2O. The summed E-state index contributed by atoms with van der Waals surface area (Å²) in [7, 11) is 0. The molecule has 0 spiro atoms. The van der Waals surface area contributed by atoms with Gasteiger partial charge < -0.3 is 5.32 Å². The topological polar surface area (TPSA) is 42.0 Å². The quantitative estimate of drug-likeness (QED) is 0.905. The number of hydrogen-bond acceptors (Lipinski definition) is 2. The predicted molar refractivity (Wildman–Crippen MR) is 76.1 cm³/mol.